The smallest absolute Gasteiger partial charge is 0.339 e. The van der Waals surface area contributed by atoms with Gasteiger partial charge in [0.2, 0.25) is 0 Å². The normalized spacial score (nSPS) is 12.2. The van der Waals surface area contributed by atoms with Crippen molar-refractivity contribution in [1.82, 2.24) is 0 Å². The molecule has 0 radical (unpaired) electrons. The fraction of sp³-hybridized carbons (Fsp3) is 0.417. The van der Waals surface area contributed by atoms with Gasteiger partial charge in [0.05, 0.1) is 6.61 Å². The zero-order valence-corrected chi connectivity index (χ0v) is 9.43. The first-order valence-electron chi connectivity index (χ1n) is 5.12. The van der Waals surface area contributed by atoms with Crippen molar-refractivity contribution in [3.63, 3.8) is 0 Å². The van der Waals surface area contributed by atoms with Gasteiger partial charge in [-0.25, -0.2) is 4.79 Å². The summed E-state index contributed by atoms with van der Waals surface area (Å²) in [5.74, 6) is -0.665. The molecule has 4 heteroatoms. The Balaban J connectivity index is 2.84. The number of aryl methyl sites for hydroxylation is 1. The maximum Gasteiger partial charge on any atom is 0.339 e. The molecule has 0 aliphatic carbocycles. The maximum atomic E-state index is 10.9. The monoisotopic (exact) mass is 224 g/mol. The molecule has 2 N–H and O–H groups in total. The van der Waals surface area contributed by atoms with Crippen LogP contribution in [-0.2, 0) is 0 Å². The Labute approximate surface area is 94.5 Å². The van der Waals surface area contributed by atoms with E-state index in [1.807, 2.05) is 13.8 Å². The van der Waals surface area contributed by atoms with Gasteiger partial charge in [-0.05, 0) is 24.6 Å². The van der Waals surface area contributed by atoms with E-state index in [0.717, 1.165) is 5.56 Å². The zero-order valence-electron chi connectivity index (χ0n) is 9.43. The van der Waals surface area contributed by atoms with Crippen molar-refractivity contribution < 1.29 is 19.7 Å². The number of carbonyl (C=O) groups is 1. The van der Waals surface area contributed by atoms with Gasteiger partial charge >= 0.3 is 5.97 Å². The molecule has 0 spiro atoms. The highest BCUT2D eigenvalue weighted by molar-refractivity contribution is 5.90. The first-order chi connectivity index (χ1) is 7.54. The van der Waals surface area contributed by atoms with E-state index in [2.05, 4.69) is 0 Å². The second kappa shape index (κ2) is 5.51. The van der Waals surface area contributed by atoms with E-state index in [0.29, 0.717) is 12.4 Å². The Bertz CT molecular complexity index is 373. The van der Waals surface area contributed by atoms with Gasteiger partial charge in [0.15, 0.2) is 0 Å². The Kier molecular flexibility index (Phi) is 4.31. The molecule has 1 aromatic rings. The number of aliphatic hydroxyl groups is 1. The Hall–Kier alpha value is -1.55. The molecule has 0 saturated heterocycles. The van der Waals surface area contributed by atoms with Crippen LogP contribution in [0, 0.1) is 12.8 Å². The van der Waals surface area contributed by atoms with Crippen LogP contribution in [0.25, 0.3) is 0 Å². The third-order valence-corrected chi connectivity index (χ3v) is 2.20. The summed E-state index contributed by atoms with van der Waals surface area (Å²) in [6, 6.07) is 4.94. The molecule has 0 aliphatic heterocycles. The van der Waals surface area contributed by atoms with Crippen LogP contribution in [0.15, 0.2) is 18.2 Å². The van der Waals surface area contributed by atoms with Crippen LogP contribution in [-0.4, -0.2) is 29.4 Å². The number of benzene rings is 1. The van der Waals surface area contributed by atoms with Crippen molar-refractivity contribution in [2.45, 2.75) is 13.8 Å². The van der Waals surface area contributed by atoms with Gasteiger partial charge in [-0.3, -0.25) is 0 Å². The molecular formula is C12H16O4. The fourth-order valence-corrected chi connectivity index (χ4v) is 1.21. The quantitative estimate of drug-likeness (QED) is 0.798. The molecule has 1 aromatic carbocycles. The Morgan fingerprint density at radius 2 is 2.19 bits per heavy atom. The average molecular weight is 224 g/mol. The van der Waals surface area contributed by atoms with Crippen molar-refractivity contribution in [2.75, 3.05) is 13.2 Å². The number of hydrogen-bond acceptors (Lipinski definition) is 3. The van der Waals surface area contributed by atoms with Crippen molar-refractivity contribution in [3.8, 4) is 5.75 Å². The molecule has 0 amide bonds. The number of aliphatic hydroxyl groups excluding tert-OH is 1. The van der Waals surface area contributed by atoms with E-state index < -0.39 is 5.97 Å². The van der Waals surface area contributed by atoms with Crippen molar-refractivity contribution in [3.05, 3.63) is 29.3 Å². The maximum absolute atomic E-state index is 10.9. The largest absolute Gasteiger partial charge is 0.492 e. The number of ether oxygens (including phenoxy) is 1. The summed E-state index contributed by atoms with van der Waals surface area (Å²) in [6.45, 7) is 4.03. The van der Waals surface area contributed by atoms with Gasteiger partial charge < -0.3 is 14.9 Å². The van der Waals surface area contributed by atoms with Crippen LogP contribution < -0.4 is 4.74 Å². The topological polar surface area (TPSA) is 66.8 Å². The summed E-state index contributed by atoms with van der Waals surface area (Å²) in [5, 5.41) is 17.8. The minimum atomic E-state index is -1.01. The highest BCUT2D eigenvalue weighted by Crippen LogP contribution is 2.20. The van der Waals surface area contributed by atoms with Gasteiger partial charge in [-0.2, -0.15) is 0 Å². The summed E-state index contributed by atoms with van der Waals surface area (Å²) in [6.07, 6.45) is 0. The van der Waals surface area contributed by atoms with Gasteiger partial charge in [-0.1, -0.05) is 13.0 Å². The predicted molar refractivity (Wildman–Crippen MR) is 59.9 cm³/mol. The van der Waals surface area contributed by atoms with Crippen LogP contribution in [0.1, 0.15) is 22.8 Å². The summed E-state index contributed by atoms with van der Waals surface area (Å²) in [7, 11) is 0. The van der Waals surface area contributed by atoms with E-state index in [9.17, 15) is 4.79 Å². The van der Waals surface area contributed by atoms with E-state index >= 15 is 0 Å². The van der Waals surface area contributed by atoms with E-state index in [1.165, 1.54) is 6.07 Å². The second-order valence-corrected chi connectivity index (χ2v) is 3.90. The van der Waals surface area contributed by atoms with Crippen molar-refractivity contribution in [2.24, 2.45) is 5.92 Å². The minimum Gasteiger partial charge on any atom is -0.492 e. The molecule has 16 heavy (non-hydrogen) atoms. The summed E-state index contributed by atoms with van der Waals surface area (Å²) >= 11 is 0. The lowest BCUT2D eigenvalue weighted by Gasteiger charge is -2.12. The van der Waals surface area contributed by atoms with Gasteiger partial charge in [-0.15, -0.1) is 0 Å². The number of hydrogen-bond donors (Lipinski definition) is 2. The number of aromatic carboxylic acids is 1. The lowest BCUT2D eigenvalue weighted by molar-refractivity contribution is 0.0690. The molecule has 0 bridgehead atoms. The highest BCUT2D eigenvalue weighted by Gasteiger charge is 2.12. The van der Waals surface area contributed by atoms with Crippen LogP contribution in [0.4, 0.5) is 0 Å². The van der Waals surface area contributed by atoms with E-state index in [-0.39, 0.29) is 18.1 Å². The molecule has 0 saturated carbocycles. The molecule has 0 fully saturated rings. The molecule has 1 unspecified atom stereocenters. The minimum absolute atomic E-state index is 0.0119. The highest BCUT2D eigenvalue weighted by atomic mass is 16.5. The number of rotatable bonds is 5. The van der Waals surface area contributed by atoms with Gasteiger partial charge in [0.1, 0.15) is 11.3 Å². The van der Waals surface area contributed by atoms with Crippen LogP contribution in [0.2, 0.25) is 0 Å². The molecule has 1 rings (SSSR count). The van der Waals surface area contributed by atoms with Gasteiger partial charge in [0.25, 0.3) is 0 Å². The summed E-state index contributed by atoms with van der Waals surface area (Å²) in [4.78, 5) is 10.9. The Morgan fingerprint density at radius 3 is 2.75 bits per heavy atom. The molecule has 88 valence electrons. The lowest BCUT2D eigenvalue weighted by Crippen LogP contribution is -2.14. The predicted octanol–water partition coefficient (Wildman–Crippen LogP) is 1.70. The fourth-order valence-electron chi connectivity index (χ4n) is 1.21. The van der Waals surface area contributed by atoms with E-state index in [1.54, 1.807) is 12.1 Å². The third-order valence-electron chi connectivity index (χ3n) is 2.20. The van der Waals surface area contributed by atoms with E-state index in [4.69, 9.17) is 14.9 Å². The number of carboxylic acids is 1. The van der Waals surface area contributed by atoms with Crippen molar-refractivity contribution >= 4 is 5.97 Å². The SMILES string of the molecule is Cc1ccc(C(=O)O)c(OCC(C)CO)c1. The molecular weight excluding hydrogens is 208 g/mol. The number of carboxylic acid groups (broad SMARTS) is 1. The van der Waals surface area contributed by atoms with Crippen LogP contribution in [0.5, 0.6) is 5.75 Å². The Morgan fingerprint density at radius 1 is 1.50 bits per heavy atom. The van der Waals surface area contributed by atoms with Gasteiger partial charge in [0, 0.05) is 12.5 Å². The zero-order chi connectivity index (χ0) is 12.1. The molecule has 0 aliphatic rings. The molecule has 0 heterocycles. The summed E-state index contributed by atoms with van der Waals surface area (Å²) in [5.41, 5.74) is 1.09. The van der Waals surface area contributed by atoms with Crippen LogP contribution >= 0.6 is 0 Å². The van der Waals surface area contributed by atoms with Crippen LogP contribution in [0.3, 0.4) is 0 Å². The molecule has 4 nitrogen and oxygen atoms in total. The first kappa shape index (κ1) is 12.5. The second-order valence-electron chi connectivity index (χ2n) is 3.90. The lowest BCUT2D eigenvalue weighted by atomic mass is 10.1. The first-order valence-corrected chi connectivity index (χ1v) is 5.12. The molecule has 0 aromatic heterocycles. The summed E-state index contributed by atoms with van der Waals surface area (Å²) < 4.78 is 5.39. The average Bonchev–Trinajstić information content (AvgIpc) is 2.25. The van der Waals surface area contributed by atoms with Crippen molar-refractivity contribution in [1.29, 1.82) is 0 Å². The standard InChI is InChI=1S/C12H16O4/c1-8-3-4-10(12(14)15)11(5-8)16-7-9(2)6-13/h3-5,9,13H,6-7H2,1-2H3,(H,14,15). The third kappa shape index (κ3) is 3.24. The molecule has 1 atom stereocenters.